The third-order valence-electron chi connectivity index (χ3n) is 3.84. The molecule has 1 N–H and O–H groups in total. The van der Waals surface area contributed by atoms with E-state index in [1.54, 1.807) is 23.7 Å². The first-order valence-corrected chi connectivity index (χ1v) is 8.50. The van der Waals surface area contributed by atoms with Crippen LogP contribution in [0, 0.1) is 0 Å². The molecule has 0 bridgehead atoms. The number of rotatable bonds is 2. The van der Waals surface area contributed by atoms with Crippen molar-refractivity contribution in [3.8, 4) is 0 Å². The van der Waals surface area contributed by atoms with E-state index >= 15 is 0 Å². The van der Waals surface area contributed by atoms with Crippen molar-refractivity contribution < 1.29 is 0 Å². The molecule has 1 aliphatic heterocycles. The van der Waals surface area contributed by atoms with Crippen molar-refractivity contribution in [3.05, 3.63) is 62.5 Å². The van der Waals surface area contributed by atoms with Crippen LogP contribution in [-0.4, -0.2) is 14.8 Å². The number of halogens is 2. The monoisotopic (exact) mass is 350 g/mol. The molecule has 4 nitrogen and oxygen atoms in total. The van der Waals surface area contributed by atoms with Crippen LogP contribution in [0.3, 0.4) is 0 Å². The first kappa shape index (κ1) is 14.1. The van der Waals surface area contributed by atoms with Crippen LogP contribution in [0.4, 0.5) is 5.95 Å². The number of aromatic nitrogens is 3. The van der Waals surface area contributed by atoms with Gasteiger partial charge in [0.25, 0.3) is 0 Å². The number of nitrogens with one attached hydrogen (secondary N) is 1. The largest absolute Gasteiger partial charge is 0.347 e. The molecule has 112 valence electrons. The second-order valence-electron chi connectivity index (χ2n) is 5.16. The summed E-state index contributed by atoms with van der Waals surface area (Å²) < 4.78 is 1.94. The summed E-state index contributed by atoms with van der Waals surface area (Å²) in [5.41, 5.74) is 1.03. The van der Waals surface area contributed by atoms with E-state index in [4.69, 9.17) is 23.2 Å². The summed E-state index contributed by atoms with van der Waals surface area (Å²) in [6.45, 7) is 0. The highest BCUT2D eigenvalue weighted by molar-refractivity contribution is 7.10. The Bertz CT molecular complexity index is 800. The molecule has 0 fully saturated rings. The molecule has 1 aromatic carbocycles. The van der Waals surface area contributed by atoms with E-state index in [1.165, 1.54) is 4.88 Å². The lowest BCUT2D eigenvalue weighted by Gasteiger charge is -2.31. The fourth-order valence-corrected chi connectivity index (χ4v) is 4.19. The Morgan fingerprint density at radius 3 is 2.95 bits per heavy atom. The topological polar surface area (TPSA) is 42.7 Å². The SMILES string of the molecule is Clc1ccc([C@H]2C[C@@H](c3cccs3)n3ncnc3N2)c(Cl)c1. The van der Waals surface area contributed by atoms with Crippen molar-refractivity contribution in [3.63, 3.8) is 0 Å². The van der Waals surface area contributed by atoms with Gasteiger partial charge in [-0.1, -0.05) is 35.3 Å². The van der Waals surface area contributed by atoms with Crippen molar-refractivity contribution >= 4 is 40.5 Å². The lowest BCUT2D eigenvalue weighted by molar-refractivity contribution is 0.436. The average Bonchev–Trinajstić information content (AvgIpc) is 3.17. The maximum absolute atomic E-state index is 6.37. The van der Waals surface area contributed by atoms with Gasteiger partial charge in [0.05, 0.1) is 12.1 Å². The van der Waals surface area contributed by atoms with E-state index in [-0.39, 0.29) is 12.1 Å². The predicted molar refractivity (Wildman–Crippen MR) is 89.9 cm³/mol. The van der Waals surface area contributed by atoms with E-state index in [1.807, 2.05) is 16.8 Å². The molecule has 0 radical (unpaired) electrons. The highest BCUT2D eigenvalue weighted by atomic mass is 35.5. The van der Waals surface area contributed by atoms with Gasteiger partial charge in [0.15, 0.2) is 0 Å². The van der Waals surface area contributed by atoms with Gasteiger partial charge in [-0.25, -0.2) is 4.68 Å². The number of nitrogens with zero attached hydrogens (tertiary/aromatic N) is 3. The molecule has 4 rings (SSSR count). The molecule has 22 heavy (non-hydrogen) atoms. The van der Waals surface area contributed by atoms with Gasteiger partial charge in [-0.05, 0) is 35.6 Å². The number of benzene rings is 1. The van der Waals surface area contributed by atoms with Crippen LogP contribution < -0.4 is 5.32 Å². The Morgan fingerprint density at radius 2 is 2.18 bits per heavy atom. The molecule has 0 amide bonds. The van der Waals surface area contributed by atoms with Crippen LogP contribution in [0.5, 0.6) is 0 Å². The molecule has 2 atom stereocenters. The van der Waals surface area contributed by atoms with Crippen molar-refractivity contribution in [1.29, 1.82) is 0 Å². The van der Waals surface area contributed by atoms with Crippen molar-refractivity contribution in [1.82, 2.24) is 14.8 Å². The van der Waals surface area contributed by atoms with Gasteiger partial charge in [0.1, 0.15) is 6.33 Å². The van der Waals surface area contributed by atoms with Crippen molar-refractivity contribution in [2.24, 2.45) is 0 Å². The van der Waals surface area contributed by atoms with E-state index in [0.29, 0.717) is 10.0 Å². The Morgan fingerprint density at radius 1 is 1.27 bits per heavy atom. The predicted octanol–water partition coefficient (Wildman–Crippen LogP) is 4.79. The smallest absolute Gasteiger partial charge is 0.222 e. The van der Waals surface area contributed by atoms with Gasteiger partial charge in [-0.2, -0.15) is 10.1 Å². The van der Waals surface area contributed by atoms with Gasteiger partial charge in [-0.3, -0.25) is 0 Å². The zero-order valence-corrected chi connectivity index (χ0v) is 13.7. The zero-order valence-electron chi connectivity index (χ0n) is 11.4. The van der Waals surface area contributed by atoms with Gasteiger partial charge in [0, 0.05) is 14.9 Å². The van der Waals surface area contributed by atoms with E-state index < -0.39 is 0 Å². The molecule has 0 unspecified atom stereocenters. The number of thiophene rings is 1. The quantitative estimate of drug-likeness (QED) is 0.722. The Balaban J connectivity index is 1.75. The van der Waals surface area contributed by atoms with E-state index in [2.05, 4.69) is 32.9 Å². The van der Waals surface area contributed by atoms with Crippen LogP contribution in [0.2, 0.25) is 10.0 Å². The Kier molecular flexibility index (Phi) is 3.56. The van der Waals surface area contributed by atoms with E-state index in [9.17, 15) is 0 Å². The molecule has 0 spiro atoms. The lowest BCUT2D eigenvalue weighted by atomic mass is 9.97. The summed E-state index contributed by atoms with van der Waals surface area (Å²) in [7, 11) is 0. The zero-order chi connectivity index (χ0) is 15.1. The molecular formula is C15H12Cl2N4S. The highest BCUT2D eigenvalue weighted by Gasteiger charge is 2.31. The summed E-state index contributed by atoms with van der Waals surface area (Å²) in [5.74, 6) is 0.765. The minimum Gasteiger partial charge on any atom is -0.347 e. The van der Waals surface area contributed by atoms with Crippen LogP contribution in [0.25, 0.3) is 0 Å². The third-order valence-corrected chi connectivity index (χ3v) is 5.38. The Labute approximate surface area is 141 Å². The maximum Gasteiger partial charge on any atom is 0.222 e. The summed E-state index contributed by atoms with van der Waals surface area (Å²) in [6.07, 6.45) is 2.44. The molecule has 7 heteroatoms. The lowest BCUT2D eigenvalue weighted by Crippen LogP contribution is -2.27. The molecule has 2 aromatic heterocycles. The second kappa shape index (κ2) is 5.57. The second-order valence-corrected chi connectivity index (χ2v) is 6.98. The fraction of sp³-hybridized carbons (Fsp3) is 0.200. The molecule has 0 aliphatic carbocycles. The molecule has 1 aliphatic rings. The maximum atomic E-state index is 6.37. The first-order valence-electron chi connectivity index (χ1n) is 6.87. The summed E-state index contributed by atoms with van der Waals surface area (Å²) in [4.78, 5) is 5.58. The molecule has 0 saturated carbocycles. The summed E-state index contributed by atoms with van der Waals surface area (Å²) in [6, 6.07) is 10.0. The van der Waals surface area contributed by atoms with Crippen molar-refractivity contribution in [2.45, 2.75) is 18.5 Å². The number of anilines is 1. The Hall–Kier alpha value is -1.56. The summed E-state index contributed by atoms with van der Waals surface area (Å²) >= 11 is 14.1. The number of hydrogen-bond acceptors (Lipinski definition) is 4. The van der Waals surface area contributed by atoms with Gasteiger partial charge in [-0.15, -0.1) is 11.3 Å². The first-order chi connectivity index (χ1) is 10.7. The number of hydrogen-bond donors (Lipinski definition) is 1. The standard InChI is InChI=1S/C15H12Cl2N4S/c16-9-3-4-10(11(17)6-9)12-7-13(14-2-1-5-22-14)21-15(20-12)18-8-19-21/h1-6,8,12-13H,7H2,(H,18,19,20)/t12-,13+/m1/s1. The average molecular weight is 351 g/mol. The highest BCUT2D eigenvalue weighted by Crippen LogP contribution is 2.40. The van der Waals surface area contributed by atoms with Crippen LogP contribution in [0.15, 0.2) is 42.0 Å². The molecular weight excluding hydrogens is 339 g/mol. The molecule has 3 heterocycles. The van der Waals surface area contributed by atoms with E-state index in [0.717, 1.165) is 17.9 Å². The molecule has 0 saturated heterocycles. The minimum absolute atomic E-state index is 0.0774. The van der Waals surface area contributed by atoms with Crippen LogP contribution in [-0.2, 0) is 0 Å². The summed E-state index contributed by atoms with van der Waals surface area (Å²) in [5, 5.41) is 11.2. The molecule has 3 aromatic rings. The normalized spacial score (nSPS) is 20.5. The van der Waals surface area contributed by atoms with Gasteiger partial charge >= 0.3 is 0 Å². The van der Waals surface area contributed by atoms with Gasteiger partial charge < -0.3 is 5.32 Å². The minimum atomic E-state index is 0.0774. The van der Waals surface area contributed by atoms with Crippen LogP contribution >= 0.6 is 34.5 Å². The van der Waals surface area contributed by atoms with Crippen molar-refractivity contribution in [2.75, 3.05) is 5.32 Å². The van der Waals surface area contributed by atoms with Gasteiger partial charge in [0.2, 0.25) is 5.95 Å². The number of fused-ring (bicyclic) bond motifs is 1. The fourth-order valence-electron chi connectivity index (χ4n) is 2.83. The third kappa shape index (κ3) is 2.39. The van der Waals surface area contributed by atoms with Crippen LogP contribution in [0.1, 0.15) is 28.9 Å².